The van der Waals surface area contributed by atoms with E-state index in [4.69, 9.17) is 9.47 Å². The van der Waals surface area contributed by atoms with E-state index in [-0.39, 0.29) is 6.29 Å². The van der Waals surface area contributed by atoms with Crippen LogP contribution in [0.1, 0.15) is 120 Å². The van der Waals surface area contributed by atoms with Crippen LogP contribution in [-0.4, -0.2) is 19.5 Å². The van der Waals surface area contributed by atoms with Gasteiger partial charge in [-0.3, -0.25) is 0 Å². The molecule has 0 fully saturated rings. The third kappa shape index (κ3) is 14.0. The summed E-state index contributed by atoms with van der Waals surface area (Å²) in [6.45, 7) is 13.0. The van der Waals surface area contributed by atoms with Gasteiger partial charge in [-0.05, 0) is 112 Å². The molecule has 0 bridgehead atoms. The molecule has 0 spiro atoms. The zero-order chi connectivity index (χ0) is 25.0. The van der Waals surface area contributed by atoms with Gasteiger partial charge in [0.2, 0.25) is 0 Å². The number of hydrogen-bond acceptors (Lipinski definition) is 2. The van der Waals surface area contributed by atoms with Crippen molar-refractivity contribution in [2.45, 2.75) is 131 Å². The Balaban J connectivity index is 2.20. The Labute approximate surface area is 226 Å². The summed E-state index contributed by atoms with van der Waals surface area (Å²) in [6.07, 6.45) is 22.5. The molecule has 0 aromatic heterocycles. The lowest BCUT2D eigenvalue weighted by molar-refractivity contribution is -0.148. The number of aryl methyl sites for hydroxylation is 1. The average Bonchev–Trinajstić information content (AvgIpc) is 2.84. The van der Waals surface area contributed by atoms with Gasteiger partial charge in [0, 0.05) is 13.2 Å². The maximum absolute atomic E-state index is 6.03. The Morgan fingerprint density at radius 2 is 1.38 bits per heavy atom. The van der Waals surface area contributed by atoms with Crippen LogP contribution in [0.2, 0.25) is 0 Å². The van der Waals surface area contributed by atoms with Crippen molar-refractivity contribution in [2.75, 3.05) is 13.2 Å². The molecular weight excluding hydrogens is 550 g/mol. The minimum Gasteiger partial charge on any atom is -0.353 e. The van der Waals surface area contributed by atoms with Gasteiger partial charge in [0.25, 0.3) is 0 Å². The van der Waals surface area contributed by atoms with Gasteiger partial charge in [-0.15, -0.1) is 0 Å². The molecule has 1 rings (SSSR count). The quantitative estimate of drug-likeness (QED) is 0.0459. The third-order valence-corrected chi connectivity index (χ3v) is 9.29. The molecule has 1 unspecified atom stereocenters. The van der Waals surface area contributed by atoms with Crippen LogP contribution in [0.15, 0.2) is 18.2 Å². The Morgan fingerprint density at radius 3 is 1.97 bits per heavy atom. The topological polar surface area (TPSA) is 18.5 Å². The number of allylic oxidation sites excluding steroid dienone is 2. The van der Waals surface area contributed by atoms with Gasteiger partial charge in [0.05, 0.1) is 0 Å². The normalized spacial score (nSPS) is 12.2. The fourth-order valence-corrected chi connectivity index (χ4v) is 6.46. The fourth-order valence-electron chi connectivity index (χ4n) is 4.22. The highest BCUT2D eigenvalue weighted by Crippen LogP contribution is 2.27. The molecule has 196 valence electrons. The van der Waals surface area contributed by atoms with Crippen LogP contribution in [0, 0.1) is 20.8 Å². The number of benzene rings is 1. The lowest BCUT2D eigenvalue weighted by Crippen LogP contribution is -2.19. The molecule has 0 aliphatic heterocycles. The predicted molar refractivity (Wildman–Crippen MR) is 163 cm³/mol. The SMILES string of the molecule is CCCCCOC(CCCCC/C=C/CCCc1cc(PI)c(C)c(C)c1C)OCCCCC. The first-order valence-electron chi connectivity index (χ1n) is 13.9. The molecule has 2 nitrogen and oxygen atoms in total. The van der Waals surface area contributed by atoms with E-state index in [1.165, 1.54) is 92.6 Å². The molecule has 0 amide bonds. The maximum atomic E-state index is 6.03. The molecule has 0 N–H and O–H groups in total. The first-order chi connectivity index (χ1) is 16.5. The first kappa shape index (κ1) is 32.1. The average molecular weight is 603 g/mol. The lowest BCUT2D eigenvalue weighted by Gasteiger charge is -2.18. The summed E-state index contributed by atoms with van der Waals surface area (Å²) in [7, 11) is 0. The summed E-state index contributed by atoms with van der Waals surface area (Å²) in [5.74, 6) is 0. The summed E-state index contributed by atoms with van der Waals surface area (Å²) in [4.78, 5) is 0. The van der Waals surface area contributed by atoms with Crippen molar-refractivity contribution in [1.82, 2.24) is 0 Å². The van der Waals surface area contributed by atoms with Crippen LogP contribution in [0.3, 0.4) is 0 Å². The number of unbranched alkanes of at least 4 members (excludes halogenated alkanes) is 8. The van der Waals surface area contributed by atoms with Crippen molar-refractivity contribution in [3.63, 3.8) is 0 Å². The zero-order valence-electron chi connectivity index (χ0n) is 22.8. The largest absolute Gasteiger partial charge is 0.353 e. The van der Waals surface area contributed by atoms with Gasteiger partial charge in [-0.1, -0.05) is 86.2 Å². The molecule has 1 aromatic carbocycles. The van der Waals surface area contributed by atoms with Gasteiger partial charge in [0.15, 0.2) is 6.29 Å². The second kappa shape index (κ2) is 21.2. The molecule has 0 saturated heterocycles. The Hall–Kier alpha value is 0.0400. The summed E-state index contributed by atoms with van der Waals surface area (Å²) in [6, 6.07) is 2.46. The van der Waals surface area contributed by atoms with Crippen molar-refractivity contribution in [3.05, 3.63) is 40.5 Å². The Morgan fingerprint density at radius 1 is 0.765 bits per heavy atom. The van der Waals surface area contributed by atoms with Crippen molar-refractivity contribution in [3.8, 4) is 0 Å². The van der Waals surface area contributed by atoms with E-state index in [1.54, 1.807) is 5.56 Å². The molecule has 0 radical (unpaired) electrons. The van der Waals surface area contributed by atoms with Crippen molar-refractivity contribution >= 4 is 33.6 Å². The lowest BCUT2D eigenvalue weighted by atomic mass is 9.95. The summed E-state index contributed by atoms with van der Waals surface area (Å²) in [5.41, 5.74) is 6.04. The van der Waals surface area contributed by atoms with E-state index < -0.39 is 0 Å². The van der Waals surface area contributed by atoms with E-state index in [9.17, 15) is 0 Å². The first-order valence-corrected chi connectivity index (χ1v) is 18.0. The molecule has 4 heteroatoms. The Bertz CT molecular complexity index is 662. The number of halogens is 1. The fraction of sp³-hybridized carbons (Fsp3) is 0.733. The van der Waals surface area contributed by atoms with Crippen LogP contribution < -0.4 is 5.30 Å². The van der Waals surface area contributed by atoms with Crippen LogP contribution in [0.25, 0.3) is 0 Å². The molecular formula is C30H52IO2P. The molecule has 0 aliphatic carbocycles. The highest BCUT2D eigenvalue weighted by atomic mass is 127. The maximum Gasteiger partial charge on any atom is 0.157 e. The molecule has 1 aromatic rings. The van der Waals surface area contributed by atoms with Gasteiger partial charge in [-0.25, -0.2) is 0 Å². The smallest absolute Gasteiger partial charge is 0.157 e. The minimum absolute atomic E-state index is 0.00590. The van der Waals surface area contributed by atoms with Gasteiger partial charge >= 0.3 is 0 Å². The second-order valence-electron chi connectivity index (χ2n) is 9.64. The second-order valence-corrected chi connectivity index (χ2v) is 12.0. The highest BCUT2D eigenvalue weighted by Gasteiger charge is 2.10. The van der Waals surface area contributed by atoms with Crippen LogP contribution in [0.4, 0.5) is 0 Å². The molecule has 0 saturated carbocycles. The summed E-state index contributed by atoms with van der Waals surface area (Å²) in [5, 5.41) is 1.54. The zero-order valence-corrected chi connectivity index (χ0v) is 26.0. The number of ether oxygens (including phenoxy) is 2. The van der Waals surface area contributed by atoms with E-state index in [1.807, 2.05) is 0 Å². The van der Waals surface area contributed by atoms with Crippen LogP contribution >= 0.6 is 28.3 Å². The van der Waals surface area contributed by atoms with Crippen molar-refractivity contribution in [1.29, 1.82) is 0 Å². The Kier molecular flexibility index (Phi) is 20.0. The standard InChI is InChI=1S/C30H52IO2P/c1-6-8-18-22-32-30(33-23-19-9-7-2)21-17-15-13-11-10-12-14-16-20-28-24-29(34-31)27(5)25(3)26(28)4/h10,12,24,30,34H,6-9,11,13-23H2,1-5H3/b12-10+. The van der Waals surface area contributed by atoms with Crippen molar-refractivity contribution < 1.29 is 9.47 Å². The summed E-state index contributed by atoms with van der Waals surface area (Å²) < 4.78 is 12.1. The molecule has 0 aliphatic rings. The van der Waals surface area contributed by atoms with Gasteiger partial charge in [0.1, 0.15) is 0 Å². The minimum atomic E-state index is 0.00590. The van der Waals surface area contributed by atoms with E-state index in [0.29, 0.717) is 0 Å². The number of hydrogen-bond donors (Lipinski definition) is 0. The van der Waals surface area contributed by atoms with Gasteiger partial charge < -0.3 is 9.47 Å². The third-order valence-electron chi connectivity index (χ3n) is 6.83. The van der Waals surface area contributed by atoms with Crippen LogP contribution in [-0.2, 0) is 15.9 Å². The van der Waals surface area contributed by atoms with E-state index in [2.05, 4.69) is 74.9 Å². The van der Waals surface area contributed by atoms with Crippen LogP contribution in [0.5, 0.6) is 0 Å². The monoisotopic (exact) mass is 602 g/mol. The molecule has 34 heavy (non-hydrogen) atoms. The molecule has 0 heterocycles. The van der Waals surface area contributed by atoms with Crippen molar-refractivity contribution in [2.24, 2.45) is 0 Å². The van der Waals surface area contributed by atoms with E-state index in [0.717, 1.165) is 38.7 Å². The van der Waals surface area contributed by atoms with Gasteiger partial charge in [-0.2, -0.15) is 0 Å². The van der Waals surface area contributed by atoms with E-state index >= 15 is 0 Å². The molecule has 1 atom stereocenters. The summed E-state index contributed by atoms with van der Waals surface area (Å²) >= 11 is 2.52. The predicted octanol–water partition coefficient (Wildman–Crippen LogP) is 9.83. The number of rotatable bonds is 21. The highest BCUT2D eigenvalue weighted by molar-refractivity contribution is 14.2.